The molecule has 0 spiro atoms. The van der Waals surface area contributed by atoms with Crippen molar-refractivity contribution in [3.8, 4) is 0 Å². The van der Waals surface area contributed by atoms with Crippen LogP contribution in [0.1, 0.15) is 45.1 Å². The summed E-state index contributed by atoms with van der Waals surface area (Å²) >= 11 is 0. The van der Waals surface area contributed by atoms with Crippen molar-refractivity contribution in [3.05, 3.63) is 23.9 Å². The molecule has 2 heterocycles. The van der Waals surface area contributed by atoms with Gasteiger partial charge in [-0.3, -0.25) is 0 Å². The molecule has 0 bridgehead atoms. The summed E-state index contributed by atoms with van der Waals surface area (Å²) in [5.74, 6) is 0.227. The number of anilines is 1. The summed E-state index contributed by atoms with van der Waals surface area (Å²) in [6, 6.07) is 3.72. The predicted octanol–water partition coefficient (Wildman–Crippen LogP) is 3.48. The Morgan fingerprint density at radius 1 is 1.37 bits per heavy atom. The summed E-state index contributed by atoms with van der Waals surface area (Å²) in [6.07, 6.45) is -0.561. The van der Waals surface area contributed by atoms with Gasteiger partial charge >= 0.3 is 6.18 Å². The van der Waals surface area contributed by atoms with Crippen LogP contribution in [0.4, 0.5) is 19.0 Å². The van der Waals surface area contributed by atoms with E-state index in [2.05, 4.69) is 25.5 Å². The highest BCUT2D eigenvalue weighted by molar-refractivity contribution is 5.80. The van der Waals surface area contributed by atoms with Crippen molar-refractivity contribution in [2.75, 3.05) is 31.1 Å². The summed E-state index contributed by atoms with van der Waals surface area (Å²) in [6.45, 7) is 7.35. The van der Waals surface area contributed by atoms with E-state index in [1.165, 1.54) is 0 Å². The first-order valence-corrected chi connectivity index (χ1v) is 10.8. The first-order valence-electron chi connectivity index (χ1n) is 10.8. The van der Waals surface area contributed by atoms with Crippen LogP contribution in [0.25, 0.3) is 0 Å². The van der Waals surface area contributed by atoms with E-state index in [0.717, 1.165) is 30.9 Å². The Labute approximate surface area is 176 Å². The average molecular weight is 428 g/mol. The molecule has 1 saturated carbocycles. The molecule has 168 valence electrons. The summed E-state index contributed by atoms with van der Waals surface area (Å²) in [4.78, 5) is 11.3. The molecular weight excluding hydrogens is 395 g/mol. The molecule has 3 rings (SSSR count). The van der Waals surface area contributed by atoms with Crippen molar-refractivity contribution in [2.45, 2.75) is 64.4 Å². The molecule has 1 aliphatic heterocycles. The third-order valence-electron chi connectivity index (χ3n) is 5.62. The van der Waals surface area contributed by atoms with E-state index in [1.54, 1.807) is 6.20 Å². The van der Waals surface area contributed by atoms with Crippen LogP contribution in [-0.4, -0.2) is 55.5 Å². The number of hydrogen-bond acceptors (Lipinski definition) is 4. The van der Waals surface area contributed by atoms with Gasteiger partial charge in [0, 0.05) is 31.9 Å². The number of halogens is 3. The van der Waals surface area contributed by atoms with Gasteiger partial charge in [0.15, 0.2) is 5.96 Å². The summed E-state index contributed by atoms with van der Waals surface area (Å²) < 4.78 is 44.9. The Morgan fingerprint density at radius 3 is 2.93 bits per heavy atom. The molecule has 2 N–H and O–H groups in total. The Bertz CT molecular complexity index is 712. The highest BCUT2D eigenvalue weighted by atomic mass is 19.4. The van der Waals surface area contributed by atoms with E-state index < -0.39 is 12.1 Å². The molecule has 1 aromatic rings. The van der Waals surface area contributed by atoms with E-state index in [0.29, 0.717) is 32.1 Å². The van der Waals surface area contributed by atoms with Gasteiger partial charge in [0.1, 0.15) is 5.82 Å². The zero-order valence-corrected chi connectivity index (χ0v) is 17.7. The number of hydrogen-bond donors (Lipinski definition) is 2. The molecule has 3 atom stereocenters. The van der Waals surface area contributed by atoms with Gasteiger partial charge in [-0.05, 0) is 50.8 Å². The van der Waals surface area contributed by atoms with Gasteiger partial charge in [-0.2, -0.15) is 13.2 Å². The van der Waals surface area contributed by atoms with Gasteiger partial charge in [0.25, 0.3) is 0 Å². The van der Waals surface area contributed by atoms with Crippen LogP contribution in [0, 0.1) is 5.92 Å². The Balaban J connectivity index is 1.62. The molecule has 6 nitrogen and oxygen atoms in total. The molecule has 0 amide bonds. The van der Waals surface area contributed by atoms with E-state index in [-0.39, 0.29) is 25.0 Å². The Morgan fingerprint density at radius 2 is 2.20 bits per heavy atom. The topological polar surface area (TPSA) is 61.8 Å². The van der Waals surface area contributed by atoms with E-state index in [1.807, 2.05) is 26.0 Å². The van der Waals surface area contributed by atoms with E-state index in [4.69, 9.17) is 4.74 Å². The second-order valence-electron chi connectivity index (χ2n) is 8.09. The summed E-state index contributed by atoms with van der Waals surface area (Å²) in [7, 11) is 0. The molecular formula is C21H32F3N5O. The lowest BCUT2D eigenvalue weighted by molar-refractivity contribution is -0.183. The standard InChI is InChI=1S/C21H32F3N5O/c1-3-25-20(28-18-6-4-5-17(12-18)21(22,23)24)27-13-16-7-8-26-19(11-16)29-9-10-30-15(2)14-29/h7-8,11,15,17-18H,3-6,9-10,12-14H2,1-2H3,(H2,25,27,28). The van der Waals surface area contributed by atoms with Crippen LogP contribution in [0.15, 0.2) is 23.3 Å². The van der Waals surface area contributed by atoms with Crippen molar-refractivity contribution < 1.29 is 17.9 Å². The maximum atomic E-state index is 13.1. The number of nitrogens with zero attached hydrogens (tertiary/aromatic N) is 3. The molecule has 1 aromatic heterocycles. The molecule has 3 unspecified atom stereocenters. The first-order chi connectivity index (χ1) is 14.3. The van der Waals surface area contributed by atoms with Crippen molar-refractivity contribution in [3.63, 3.8) is 0 Å². The largest absolute Gasteiger partial charge is 0.391 e. The van der Waals surface area contributed by atoms with Crippen molar-refractivity contribution >= 4 is 11.8 Å². The zero-order valence-electron chi connectivity index (χ0n) is 17.7. The van der Waals surface area contributed by atoms with Crippen molar-refractivity contribution in [1.82, 2.24) is 15.6 Å². The fourth-order valence-corrected chi connectivity index (χ4v) is 4.06. The monoisotopic (exact) mass is 427 g/mol. The minimum absolute atomic E-state index is 0.0997. The summed E-state index contributed by atoms with van der Waals surface area (Å²) in [5, 5.41) is 6.36. The van der Waals surface area contributed by atoms with Crippen LogP contribution >= 0.6 is 0 Å². The fourth-order valence-electron chi connectivity index (χ4n) is 4.06. The lowest BCUT2D eigenvalue weighted by Crippen LogP contribution is -2.46. The number of ether oxygens (including phenoxy) is 1. The van der Waals surface area contributed by atoms with Crippen LogP contribution in [0.3, 0.4) is 0 Å². The SMILES string of the molecule is CCNC(=NCc1ccnc(N2CCOC(C)C2)c1)NC1CCCC(C(F)(F)F)C1. The van der Waals surface area contributed by atoms with Gasteiger partial charge in [-0.15, -0.1) is 0 Å². The quantitative estimate of drug-likeness (QED) is 0.557. The van der Waals surface area contributed by atoms with Crippen molar-refractivity contribution in [1.29, 1.82) is 0 Å². The van der Waals surface area contributed by atoms with Gasteiger partial charge < -0.3 is 20.3 Å². The number of nitrogens with one attached hydrogen (secondary N) is 2. The molecule has 0 radical (unpaired) electrons. The van der Waals surface area contributed by atoms with Crippen molar-refractivity contribution in [2.24, 2.45) is 10.9 Å². The van der Waals surface area contributed by atoms with Crippen LogP contribution in [0.2, 0.25) is 0 Å². The van der Waals surface area contributed by atoms with E-state index >= 15 is 0 Å². The smallest absolute Gasteiger partial charge is 0.375 e. The highest BCUT2D eigenvalue weighted by Crippen LogP contribution is 2.37. The lowest BCUT2D eigenvalue weighted by atomic mass is 9.85. The number of guanidine groups is 1. The number of morpholine rings is 1. The van der Waals surface area contributed by atoms with Gasteiger partial charge in [-0.25, -0.2) is 9.98 Å². The molecule has 2 fully saturated rings. The molecule has 0 aromatic carbocycles. The van der Waals surface area contributed by atoms with Gasteiger partial charge in [0.2, 0.25) is 0 Å². The van der Waals surface area contributed by atoms with E-state index in [9.17, 15) is 13.2 Å². The first kappa shape index (κ1) is 22.7. The minimum Gasteiger partial charge on any atom is -0.375 e. The maximum absolute atomic E-state index is 13.1. The molecule has 9 heteroatoms. The second kappa shape index (κ2) is 10.3. The number of rotatable bonds is 5. The normalized spacial score (nSPS) is 25.8. The van der Waals surface area contributed by atoms with Crippen LogP contribution in [0.5, 0.6) is 0 Å². The fraction of sp³-hybridized carbons (Fsp3) is 0.714. The number of aromatic nitrogens is 1. The number of aliphatic imine (C=N–C) groups is 1. The van der Waals surface area contributed by atoms with Gasteiger partial charge in [-0.1, -0.05) is 6.42 Å². The van der Waals surface area contributed by atoms with Crippen LogP contribution < -0.4 is 15.5 Å². The molecule has 1 aliphatic carbocycles. The van der Waals surface area contributed by atoms with Crippen LogP contribution in [-0.2, 0) is 11.3 Å². The zero-order chi connectivity index (χ0) is 21.6. The molecule has 30 heavy (non-hydrogen) atoms. The predicted molar refractivity (Wildman–Crippen MR) is 112 cm³/mol. The second-order valence-corrected chi connectivity index (χ2v) is 8.09. The minimum atomic E-state index is -4.12. The molecule has 1 saturated heterocycles. The highest BCUT2D eigenvalue weighted by Gasteiger charge is 2.42. The average Bonchev–Trinajstić information content (AvgIpc) is 2.72. The van der Waals surface area contributed by atoms with Gasteiger partial charge in [0.05, 0.1) is 25.2 Å². The number of alkyl halides is 3. The third kappa shape index (κ3) is 6.48. The molecule has 2 aliphatic rings. The lowest BCUT2D eigenvalue weighted by Gasteiger charge is -2.32. The maximum Gasteiger partial charge on any atom is 0.391 e. The number of pyridine rings is 1. The Hall–Kier alpha value is -2.03. The Kier molecular flexibility index (Phi) is 7.80. The third-order valence-corrected chi connectivity index (χ3v) is 5.62. The summed E-state index contributed by atoms with van der Waals surface area (Å²) in [5.41, 5.74) is 1.01.